The molecule has 170 valence electrons. The molecule has 0 radical (unpaired) electrons. The van der Waals surface area contributed by atoms with Gasteiger partial charge in [0.05, 0.1) is 6.54 Å². The summed E-state index contributed by atoms with van der Waals surface area (Å²) >= 11 is 5.06. The lowest BCUT2D eigenvalue weighted by Crippen LogP contribution is -2.43. The van der Waals surface area contributed by atoms with Gasteiger partial charge in [0.15, 0.2) is 0 Å². The van der Waals surface area contributed by atoms with E-state index < -0.39 is 5.91 Å². The second-order valence-corrected chi connectivity index (χ2v) is 10.2. The van der Waals surface area contributed by atoms with E-state index in [4.69, 9.17) is 0 Å². The zero-order chi connectivity index (χ0) is 23.4. The third-order valence-electron chi connectivity index (χ3n) is 5.97. The van der Waals surface area contributed by atoms with Crippen LogP contribution in [0.5, 0.6) is 0 Å². The van der Waals surface area contributed by atoms with Crippen LogP contribution in [0, 0.1) is 11.3 Å². The van der Waals surface area contributed by atoms with E-state index in [1.807, 2.05) is 57.4 Å². The maximum atomic E-state index is 13.0. The fourth-order valence-electron chi connectivity index (χ4n) is 4.23. The first-order valence-corrected chi connectivity index (χ1v) is 12.6. The van der Waals surface area contributed by atoms with Crippen molar-refractivity contribution in [1.29, 1.82) is 5.26 Å². The number of carbonyl (C=O) groups excluding carboxylic acids is 2. The molecule has 1 atom stereocenters. The van der Waals surface area contributed by atoms with E-state index in [0.29, 0.717) is 6.54 Å². The number of nitriles is 1. The molecule has 2 aromatic heterocycles. The zero-order valence-corrected chi connectivity index (χ0v) is 20.8. The molecule has 3 aromatic rings. The topological polar surface area (TPSA) is 78.1 Å². The highest BCUT2D eigenvalue weighted by Crippen LogP contribution is 2.28. The zero-order valence-electron chi connectivity index (χ0n) is 18.4. The van der Waals surface area contributed by atoms with Crippen molar-refractivity contribution in [2.75, 3.05) is 6.54 Å². The van der Waals surface area contributed by atoms with Gasteiger partial charge in [-0.2, -0.15) is 5.26 Å². The highest BCUT2D eigenvalue weighted by Gasteiger charge is 2.24. The Hall–Kier alpha value is -2.89. The number of piperidine rings is 1. The molecule has 0 spiro atoms. The number of thiophene rings is 1. The van der Waals surface area contributed by atoms with Crippen LogP contribution in [0.25, 0.3) is 17.0 Å². The molecule has 1 aliphatic rings. The lowest BCUT2D eigenvalue weighted by molar-refractivity contribution is -0.135. The molecule has 1 N–H and O–H groups in total. The number of hydrogen-bond acceptors (Lipinski definition) is 4. The molecule has 33 heavy (non-hydrogen) atoms. The van der Waals surface area contributed by atoms with Crippen molar-refractivity contribution in [3.8, 4) is 6.07 Å². The first-order chi connectivity index (χ1) is 16.0. The van der Waals surface area contributed by atoms with Crippen LogP contribution < -0.4 is 5.32 Å². The lowest BCUT2D eigenvalue weighted by Gasteiger charge is -2.33. The molecule has 0 saturated carbocycles. The summed E-state index contributed by atoms with van der Waals surface area (Å²) in [5.74, 6) is -0.327. The van der Waals surface area contributed by atoms with Crippen molar-refractivity contribution in [1.82, 2.24) is 14.8 Å². The fourth-order valence-corrected chi connectivity index (χ4v) is 5.23. The van der Waals surface area contributed by atoms with Crippen molar-refractivity contribution in [2.24, 2.45) is 0 Å². The maximum Gasteiger partial charge on any atom is 0.262 e. The number of rotatable bonds is 6. The average Bonchev–Trinajstić information content (AvgIpc) is 3.44. The first-order valence-electron chi connectivity index (χ1n) is 11.0. The number of carbonyl (C=O) groups is 2. The van der Waals surface area contributed by atoms with Gasteiger partial charge in [-0.25, -0.2) is 0 Å². The Morgan fingerprint density at radius 2 is 2.18 bits per heavy atom. The van der Waals surface area contributed by atoms with E-state index in [2.05, 4.69) is 28.2 Å². The minimum Gasteiger partial charge on any atom is -0.347 e. The number of halogens is 1. The first kappa shape index (κ1) is 23.3. The predicted octanol–water partition coefficient (Wildman–Crippen LogP) is 5.09. The maximum absolute atomic E-state index is 13.0. The second-order valence-electron chi connectivity index (χ2n) is 8.24. The van der Waals surface area contributed by atoms with Gasteiger partial charge in [0.25, 0.3) is 5.91 Å². The molecule has 1 fully saturated rings. The number of amides is 2. The molecule has 0 aliphatic carbocycles. The van der Waals surface area contributed by atoms with Gasteiger partial charge in [-0.3, -0.25) is 9.59 Å². The smallest absolute Gasteiger partial charge is 0.262 e. The molecule has 2 amide bonds. The SMILES string of the molecule is C[C@H]1CCCCN1C(=O)Cn1cc(/C=C(\C#N)C(=O)NCc2cccs2)c2cc(Br)ccc21. The van der Waals surface area contributed by atoms with Crippen LogP contribution in [-0.2, 0) is 22.7 Å². The Morgan fingerprint density at radius 1 is 1.33 bits per heavy atom. The van der Waals surface area contributed by atoms with Gasteiger partial charge in [0.1, 0.15) is 18.2 Å². The number of nitrogens with one attached hydrogen (secondary N) is 1. The third kappa shape index (κ3) is 5.37. The molecule has 4 rings (SSSR count). The van der Waals surface area contributed by atoms with Crippen molar-refractivity contribution in [3.05, 3.63) is 62.4 Å². The van der Waals surface area contributed by atoms with Crippen LogP contribution in [0.4, 0.5) is 0 Å². The third-order valence-corrected chi connectivity index (χ3v) is 7.34. The molecule has 1 saturated heterocycles. The Labute approximate surface area is 205 Å². The predicted molar refractivity (Wildman–Crippen MR) is 134 cm³/mol. The second kappa shape index (κ2) is 10.4. The summed E-state index contributed by atoms with van der Waals surface area (Å²) in [7, 11) is 0. The number of likely N-dealkylation sites (tertiary alicyclic amines) is 1. The van der Waals surface area contributed by atoms with E-state index in [-0.39, 0.29) is 24.1 Å². The van der Waals surface area contributed by atoms with E-state index in [1.54, 1.807) is 17.4 Å². The lowest BCUT2D eigenvalue weighted by atomic mass is 10.0. The number of hydrogen-bond donors (Lipinski definition) is 1. The largest absolute Gasteiger partial charge is 0.347 e. The van der Waals surface area contributed by atoms with Gasteiger partial charge in [-0.15, -0.1) is 11.3 Å². The van der Waals surface area contributed by atoms with Crippen LogP contribution in [0.15, 0.2) is 52.0 Å². The summed E-state index contributed by atoms with van der Waals surface area (Å²) in [5.41, 5.74) is 1.65. The Bertz CT molecular complexity index is 1240. The molecular weight excluding hydrogens is 500 g/mol. The number of benzene rings is 1. The van der Waals surface area contributed by atoms with Crippen LogP contribution >= 0.6 is 27.3 Å². The summed E-state index contributed by atoms with van der Waals surface area (Å²) in [6, 6.07) is 12.0. The molecule has 3 heterocycles. The molecule has 0 unspecified atom stereocenters. The number of fused-ring (bicyclic) bond motifs is 1. The van der Waals surface area contributed by atoms with Crippen molar-refractivity contribution < 1.29 is 9.59 Å². The molecule has 6 nitrogen and oxygen atoms in total. The Morgan fingerprint density at radius 3 is 2.91 bits per heavy atom. The summed E-state index contributed by atoms with van der Waals surface area (Å²) < 4.78 is 2.80. The monoisotopic (exact) mass is 524 g/mol. The fraction of sp³-hybridized carbons (Fsp3) is 0.320. The van der Waals surface area contributed by atoms with Crippen LogP contribution in [0.3, 0.4) is 0 Å². The van der Waals surface area contributed by atoms with E-state index in [1.165, 1.54) is 0 Å². The summed E-state index contributed by atoms with van der Waals surface area (Å²) in [6.45, 7) is 3.50. The highest BCUT2D eigenvalue weighted by molar-refractivity contribution is 9.10. The summed E-state index contributed by atoms with van der Waals surface area (Å²) in [5, 5.41) is 15.3. The normalized spacial score (nSPS) is 16.6. The van der Waals surface area contributed by atoms with Crippen molar-refractivity contribution >= 4 is 56.1 Å². The summed E-state index contributed by atoms with van der Waals surface area (Å²) in [4.78, 5) is 28.7. The number of aromatic nitrogens is 1. The Balaban J connectivity index is 1.61. The van der Waals surface area contributed by atoms with Gasteiger partial charge < -0.3 is 14.8 Å². The average molecular weight is 525 g/mol. The van der Waals surface area contributed by atoms with Gasteiger partial charge >= 0.3 is 0 Å². The van der Waals surface area contributed by atoms with Gasteiger partial charge in [0.2, 0.25) is 5.91 Å². The van der Waals surface area contributed by atoms with E-state index in [0.717, 1.165) is 51.6 Å². The van der Waals surface area contributed by atoms with Crippen LogP contribution in [0.1, 0.15) is 36.6 Å². The minimum atomic E-state index is -0.417. The molecular formula is C25H25BrN4O2S. The number of nitrogens with zero attached hydrogens (tertiary/aromatic N) is 3. The van der Waals surface area contributed by atoms with E-state index >= 15 is 0 Å². The molecule has 1 aromatic carbocycles. The molecule has 1 aliphatic heterocycles. The van der Waals surface area contributed by atoms with Crippen LogP contribution in [-0.4, -0.2) is 33.9 Å². The van der Waals surface area contributed by atoms with Gasteiger partial charge in [-0.05, 0) is 61.9 Å². The molecule has 0 bridgehead atoms. The van der Waals surface area contributed by atoms with Crippen molar-refractivity contribution in [2.45, 2.75) is 45.3 Å². The minimum absolute atomic E-state index is 0.0292. The highest BCUT2D eigenvalue weighted by atomic mass is 79.9. The standard InChI is InChI=1S/C25H25BrN4O2S/c1-17-5-2-3-9-30(17)24(31)16-29-15-19(22-12-20(26)7-8-23(22)29)11-18(13-27)25(32)28-14-21-6-4-10-33-21/h4,6-8,10-12,15,17H,2-3,5,9,14,16H2,1H3,(H,28,32)/b18-11+/t17-/m0/s1. The van der Waals surface area contributed by atoms with Gasteiger partial charge in [0, 0.05) is 44.6 Å². The molecule has 8 heteroatoms. The van der Waals surface area contributed by atoms with E-state index in [9.17, 15) is 14.9 Å². The quantitative estimate of drug-likeness (QED) is 0.360. The van der Waals surface area contributed by atoms with Gasteiger partial charge in [-0.1, -0.05) is 22.0 Å². The Kier molecular flexibility index (Phi) is 7.31. The van der Waals surface area contributed by atoms with Crippen LogP contribution in [0.2, 0.25) is 0 Å². The van der Waals surface area contributed by atoms with Crippen molar-refractivity contribution in [3.63, 3.8) is 0 Å². The summed E-state index contributed by atoms with van der Waals surface area (Å²) in [6.07, 6.45) is 6.68.